The number of hydrogen-bond acceptors (Lipinski definition) is 6. The van der Waals surface area contributed by atoms with Crippen molar-refractivity contribution in [1.29, 1.82) is 0 Å². The maximum Gasteiger partial charge on any atom is 0.184 e. The number of hydrogen-bond donors (Lipinski definition) is 1. The van der Waals surface area contributed by atoms with Gasteiger partial charge < -0.3 is 24.1 Å². The second-order valence-electron chi connectivity index (χ2n) is 9.31. The van der Waals surface area contributed by atoms with Gasteiger partial charge in [-0.3, -0.25) is 4.79 Å². The molecule has 2 aliphatic carbocycles. The SMILES string of the molecule is Brc1cccc(C2OCCO2)c1.O=C1CCCC1.OC1(c2cccc(C3OCCO3)c2)CCCC1. The highest BCUT2D eigenvalue weighted by Crippen LogP contribution is 2.39. The van der Waals surface area contributed by atoms with Crippen LogP contribution in [-0.2, 0) is 29.3 Å². The number of benzene rings is 2. The van der Waals surface area contributed by atoms with E-state index in [9.17, 15) is 9.90 Å². The lowest BCUT2D eigenvalue weighted by atomic mass is 9.91. The van der Waals surface area contributed by atoms with E-state index in [1.807, 2.05) is 48.5 Å². The van der Waals surface area contributed by atoms with Crippen molar-refractivity contribution in [1.82, 2.24) is 0 Å². The summed E-state index contributed by atoms with van der Waals surface area (Å²) in [5.41, 5.74) is 2.46. The number of ketones is 1. The second kappa shape index (κ2) is 13.1. The first kappa shape index (κ1) is 26.5. The first-order chi connectivity index (χ1) is 17.0. The van der Waals surface area contributed by atoms with Crippen LogP contribution in [0.25, 0.3) is 0 Å². The normalized spacial score (nSPS) is 21.9. The maximum atomic E-state index is 10.5. The summed E-state index contributed by atoms with van der Waals surface area (Å²) in [6, 6.07) is 16.0. The van der Waals surface area contributed by atoms with Gasteiger partial charge in [-0.2, -0.15) is 0 Å². The van der Waals surface area contributed by atoms with E-state index in [1.54, 1.807) is 0 Å². The summed E-state index contributed by atoms with van der Waals surface area (Å²) in [7, 11) is 0. The Morgan fingerprint density at radius 3 is 1.74 bits per heavy atom. The van der Waals surface area contributed by atoms with E-state index >= 15 is 0 Å². The fourth-order valence-corrected chi connectivity index (χ4v) is 5.16. The fourth-order valence-electron chi connectivity index (χ4n) is 4.75. The minimum Gasteiger partial charge on any atom is -0.385 e. The predicted octanol–water partition coefficient (Wildman–Crippen LogP) is 6.12. The number of aliphatic hydroxyl groups is 1. The Morgan fingerprint density at radius 2 is 1.26 bits per heavy atom. The van der Waals surface area contributed by atoms with Crippen molar-refractivity contribution < 1.29 is 28.8 Å². The Balaban J connectivity index is 0.000000139. The first-order valence-corrected chi connectivity index (χ1v) is 13.4. The molecule has 0 atom stereocenters. The summed E-state index contributed by atoms with van der Waals surface area (Å²) in [6.45, 7) is 2.69. The van der Waals surface area contributed by atoms with Crippen molar-refractivity contribution in [3.63, 3.8) is 0 Å². The summed E-state index contributed by atoms with van der Waals surface area (Å²) in [5, 5.41) is 10.5. The standard InChI is InChI=1S/C14H18O3.C9H9BrO2.C5H8O/c15-14(6-1-2-7-14)12-5-3-4-11(10-12)13-16-8-9-17-13;10-8-3-1-2-7(6-8)9-11-4-5-12-9;6-5-3-1-2-4-5/h3-5,10,13,15H,1-2,6-9H2;1-3,6,9H,4-5H2;1-4H2. The van der Waals surface area contributed by atoms with Crippen LogP contribution in [0.4, 0.5) is 0 Å². The molecule has 2 aromatic carbocycles. The lowest BCUT2D eigenvalue weighted by Gasteiger charge is -2.23. The van der Waals surface area contributed by atoms with Crippen molar-refractivity contribution in [2.45, 2.75) is 69.5 Å². The van der Waals surface area contributed by atoms with E-state index < -0.39 is 5.60 Å². The number of carbonyl (C=O) groups is 1. The van der Waals surface area contributed by atoms with Crippen LogP contribution in [0.15, 0.2) is 53.0 Å². The smallest absolute Gasteiger partial charge is 0.184 e. The summed E-state index contributed by atoms with van der Waals surface area (Å²) in [5.74, 6) is 0.454. The van der Waals surface area contributed by atoms with Gasteiger partial charge in [0.15, 0.2) is 12.6 Å². The Morgan fingerprint density at radius 1 is 0.743 bits per heavy atom. The van der Waals surface area contributed by atoms with Gasteiger partial charge in [-0.15, -0.1) is 0 Å². The van der Waals surface area contributed by atoms with Gasteiger partial charge in [-0.25, -0.2) is 0 Å². The van der Waals surface area contributed by atoms with Gasteiger partial charge in [-0.1, -0.05) is 59.1 Å². The van der Waals surface area contributed by atoms with Gasteiger partial charge in [0.1, 0.15) is 5.78 Å². The summed E-state index contributed by atoms with van der Waals surface area (Å²) < 4.78 is 22.7. The van der Waals surface area contributed by atoms with Gasteiger partial charge >= 0.3 is 0 Å². The molecule has 0 aromatic heterocycles. The molecule has 1 N–H and O–H groups in total. The minimum atomic E-state index is -0.630. The number of Topliss-reactive ketones (excluding diaryl/α,β-unsaturated/α-hetero) is 1. The van der Waals surface area contributed by atoms with E-state index in [1.165, 1.54) is 0 Å². The van der Waals surface area contributed by atoms with E-state index in [2.05, 4.69) is 15.9 Å². The molecule has 0 spiro atoms. The molecule has 7 heteroatoms. The van der Waals surface area contributed by atoms with Crippen LogP contribution in [0.1, 0.15) is 80.6 Å². The topological polar surface area (TPSA) is 74.2 Å². The Bertz CT molecular complexity index is 938. The van der Waals surface area contributed by atoms with Crippen molar-refractivity contribution in [3.05, 3.63) is 69.7 Å². The molecule has 4 fully saturated rings. The summed E-state index contributed by atoms with van der Waals surface area (Å²) >= 11 is 3.40. The Kier molecular flexibility index (Phi) is 9.89. The van der Waals surface area contributed by atoms with Crippen molar-refractivity contribution in [2.75, 3.05) is 26.4 Å². The average molecular weight is 547 g/mol. The monoisotopic (exact) mass is 546 g/mol. The van der Waals surface area contributed by atoms with Gasteiger partial charge in [0.05, 0.1) is 32.0 Å². The molecule has 2 aliphatic heterocycles. The van der Waals surface area contributed by atoms with Crippen LogP contribution >= 0.6 is 15.9 Å². The van der Waals surface area contributed by atoms with Crippen LogP contribution in [0, 0.1) is 0 Å². The summed E-state index contributed by atoms with van der Waals surface area (Å²) in [4.78, 5) is 10.2. The van der Waals surface area contributed by atoms with Crippen molar-refractivity contribution in [3.8, 4) is 0 Å². The van der Waals surface area contributed by atoms with E-state index in [-0.39, 0.29) is 12.6 Å². The zero-order valence-electron chi connectivity index (χ0n) is 20.1. The average Bonchev–Trinajstić information content (AvgIpc) is 3.69. The van der Waals surface area contributed by atoms with Gasteiger partial charge in [0.2, 0.25) is 0 Å². The number of ether oxygens (including phenoxy) is 4. The van der Waals surface area contributed by atoms with Gasteiger partial charge in [0, 0.05) is 28.4 Å². The molecule has 2 saturated carbocycles. The largest absolute Gasteiger partial charge is 0.385 e. The lowest BCUT2D eigenvalue weighted by molar-refractivity contribution is -0.117. The highest BCUT2D eigenvalue weighted by atomic mass is 79.9. The molecule has 0 bridgehead atoms. The van der Waals surface area contributed by atoms with E-state index in [0.29, 0.717) is 32.2 Å². The molecule has 2 saturated heterocycles. The third-order valence-electron chi connectivity index (χ3n) is 6.65. The van der Waals surface area contributed by atoms with E-state index in [4.69, 9.17) is 18.9 Å². The molecule has 35 heavy (non-hydrogen) atoms. The molecule has 190 valence electrons. The molecule has 6 nitrogen and oxygen atoms in total. The zero-order valence-corrected chi connectivity index (χ0v) is 21.7. The van der Waals surface area contributed by atoms with Gasteiger partial charge in [0.25, 0.3) is 0 Å². The number of halogens is 1. The second-order valence-corrected chi connectivity index (χ2v) is 10.2. The molecule has 0 unspecified atom stereocenters. The molecule has 2 aromatic rings. The molecule has 0 amide bonds. The molecule has 0 radical (unpaired) electrons. The Hall–Kier alpha value is -1.61. The fraction of sp³-hybridized carbons (Fsp3) is 0.536. The lowest BCUT2D eigenvalue weighted by Crippen LogP contribution is -2.21. The van der Waals surface area contributed by atoms with E-state index in [0.717, 1.165) is 72.5 Å². The van der Waals surface area contributed by atoms with Gasteiger partial charge in [-0.05, 0) is 49.4 Å². The molecular formula is C28H35BrO6. The van der Waals surface area contributed by atoms with Crippen LogP contribution in [0.5, 0.6) is 0 Å². The quantitative estimate of drug-likeness (QED) is 0.500. The summed E-state index contributed by atoms with van der Waals surface area (Å²) in [6.07, 6.45) is 7.50. The molecular weight excluding hydrogens is 512 g/mol. The van der Waals surface area contributed by atoms with Crippen LogP contribution < -0.4 is 0 Å². The zero-order chi connectivity index (χ0) is 24.5. The highest BCUT2D eigenvalue weighted by molar-refractivity contribution is 9.10. The van der Waals surface area contributed by atoms with Crippen LogP contribution in [0.3, 0.4) is 0 Å². The highest BCUT2D eigenvalue weighted by Gasteiger charge is 2.33. The van der Waals surface area contributed by atoms with Crippen LogP contribution in [-0.4, -0.2) is 37.3 Å². The third kappa shape index (κ3) is 7.68. The van der Waals surface area contributed by atoms with Crippen LogP contribution in [0.2, 0.25) is 0 Å². The predicted molar refractivity (Wildman–Crippen MR) is 136 cm³/mol. The minimum absolute atomic E-state index is 0.164. The molecule has 6 rings (SSSR count). The Labute approximate surface area is 216 Å². The molecule has 2 heterocycles. The van der Waals surface area contributed by atoms with Crippen molar-refractivity contribution >= 4 is 21.7 Å². The number of rotatable bonds is 3. The first-order valence-electron chi connectivity index (χ1n) is 12.6. The van der Waals surface area contributed by atoms with Crippen molar-refractivity contribution in [2.24, 2.45) is 0 Å². The number of carbonyl (C=O) groups excluding carboxylic acids is 1. The molecule has 4 aliphatic rings. The third-order valence-corrected chi connectivity index (χ3v) is 7.15. The maximum absolute atomic E-state index is 10.5.